The summed E-state index contributed by atoms with van der Waals surface area (Å²) in [5.41, 5.74) is 6.51. The molecule has 1 atom stereocenters. The Hall–Kier alpha value is -6.95. The Morgan fingerprint density at radius 1 is 0.625 bits per heavy atom. The van der Waals surface area contributed by atoms with Crippen molar-refractivity contribution in [2.24, 2.45) is 0 Å². The normalized spacial score (nSPS) is 14.1. The minimum Gasteiger partial charge on any atom is -0.497 e. The van der Waals surface area contributed by atoms with E-state index >= 15 is 0 Å². The minimum absolute atomic E-state index is 0.158. The molecule has 56 heavy (non-hydrogen) atoms. The van der Waals surface area contributed by atoms with Gasteiger partial charge >= 0.3 is 0 Å². The summed E-state index contributed by atoms with van der Waals surface area (Å²) in [6.07, 6.45) is 0. The first-order valence-corrected chi connectivity index (χ1v) is 18.3. The van der Waals surface area contributed by atoms with Gasteiger partial charge in [-0.2, -0.15) is 0 Å². The number of hydroxylamine groups is 2. The highest BCUT2D eigenvalue weighted by atomic mass is 16.7. The molecule has 0 aromatic heterocycles. The lowest BCUT2D eigenvalue weighted by molar-refractivity contribution is -0.163. The molecule has 0 aliphatic carbocycles. The number of nitrogens with zero attached hydrogens (tertiary/aromatic N) is 2. The molecule has 0 N–H and O–H groups in total. The van der Waals surface area contributed by atoms with E-state index < -0.39 is 17.9 Å². The van der Waals surface area contributed by atoms with Crippen molar-refractivity contribution in [3.8, 4) is 29.1 Å². The number of anilines is 1. The summed E-state index contributed by atoms with van der Waals surface area (Å²) in [6.45, 7) is 6.37. The highest BCUT2D eigenvalue weighted by Gasteiger charge is 2.38. The first-order valence-electron chi connectivity index (χ1n) is 18.3. The topological polar surface area (TPSA) is 85.4 Å². The van der Waals surface area contributed by atoms with Crippen molar-refractivity contribution >= 4 is 23.4 Å². The van der Waals surface area contributed by atoms with Gasteiger partial charge in [0.05, 0.1) is 30.0 Å². The van der Waals surface area contributed by atoms with E-state index in [1.165, 1.54) is 15.5 Å². The predicted molar refractivity (Wildman–Crippen MR) is 214 cm³/mol. The third-order valence-electron chi connectivity index (χ3n) is 10.5. The second kappa shape index (κ2) is 14.7. The van der Waals surface area contributed by atoms with Crippen LogP contribution in [0, 0.1) is 11.8 Å². The SMILES string of the molecule is COc1ccc(C(C)(C)c2ccc(Oc3ccc4c(c3)CON(C(C)c3cccc(N5C(=O)c6ccc(C#Cc7ccccc7)cc6C5=O)c3)C4=O)cc2)cc1. The molecule has 8 nitrogen and oxygen atoms in total. The van der Waals surface area contributed by atoms with Gasteiger partial charge in [-0.1, -0.05) is 80.3 Å². The number of fused-ring (bicyclic) bond motifs is 2. The summed E-state index contributed by atoms with van der Waals surface area (Å²) in [4.78, 5) is 48.1. The number of rotatable bonds is 8. The van der Waals surface area contributed by atoms with Crippen molar-refractivity contribution in [2.45, 2.75) is 38.8 Å². The van der Waals surface area contributed by atoms with E-state index in [0.717, 1.165) is 16.9 Å². The minimum atomic E-state index is -0.526. The fourth-order valence-electron chi connectivity index (χ4n) is 7.09. The maximum Gasteiger partial charge on any atom is 0.278 e. The van der Waals surface area contributed by atoms with Crippen LogP contribution in [0.2, 0.25) is 0 Å². The Morgan fingerprint density at radius 2 is 1.27 bits per heavy atom. The smallest absolute Gasteiger partial charge is 0.278 e. The number of hydrogen-bond acceptors (Lipinski definition) is 6. The Kier molecular flexibility index (Phi) is 9.47. The molecule has 2 heterocycles. The van der Waals surface area contributed by atoms with Crippen molar-refractivity contribution in [2.75, 3.05) is 12.0 Å². The second-order valence-electron chi connectivity index (χ2n) is 14.3. The first-order chi connectivity index (χ1) is 27.1. The number of benzene rings is 6. The van der Waals surface area contributed by atoms with Gasteiger partial charge in [0.2, 0.25) is 0 Å². The molecule has 2 aliphatic heterocycles. The highest BCUT2D eigenvalue weighted by molar-refractivity contribution is 6.34. The van der Waals surface area contributed by atoms with Crippen molar-refractivity contribution in [1.29, 1.82) is 0 Å². The van der Waals surface area contributed by atoms with Crippen LogP contribution in [0.5, 0.6) is 17.2 Å². The maximum atomic E-state index is 13.8. The summed E-state index contributed by atoms with van der Waals surface area (Å²) in [7, 11) is 1.66. The van der Waals surface area contributed by atoms with Crippen molar-refractivity contribution in [3.63, 3.8) is 0 Å². The predicted octanol–water partition coefficient (Wildman–Crippen LogP) is 9.66. The molecule has 6 aromatic rings. The molecule has 8 rings (SSSR count). The molecule has 8 heteroatoms. The van der Waals surface area contributed by atoms with Gasteiger partial charge in [0.1, 0.15) is 23.9 Å². The Morgan fingerprint density at radius 3 is 1.98 bits per heavy atom. The van der Waals surface area contributed by atoms with Gasteiger partial charge in [0, 0.05) is 22.1 Å². The van der Waals surface area contributed by atoms with E-state index in [2.05, 4.69) is 50.0 Å². The van der Waals surface area contributed by atoms with Crippen LogP contribution in [0.3, 0.4) is 0 Å². The van der Waals surface area contributed by atoms with E-state index in [-0.39, 0.29) is 17.9 Å². The number of hydrogen-bond donors (Lipinski definition) is 0. The molecule has 0 fully saturated rings. The van der Waals surface area contributed by atoms with Gasteiger partial charge in [0.25, 0.3) is 17.7 Å². The molecule has 0 bridgehead atoms. The van der Waals surface area contributed by atoms with Gasteiger partial charge in [-0.3, -0.25) is 19.2 Å². The van der Waals surface area contributed by atoms with Gasteiger partial charge < -0.3 is 9.47 Å². The summed E-state index contributed by atoms with van der Waals surface area (Å²) >= 11 is 0. The van der Waals surface area contributed by atoms with Crippen LogP contribution in [-0.2, 0) is 16.9 Å². The zero-order valence-electron chi connectivity index (χ0n) is 31.4. The highest BCUT2D eigenvalue weighted by Crippen LogP contribution is 2.37. The summed E-state index contributed by atoms with van der Waals surface area (Å²) in [5.74, 6) is 7.12. The maximum absolute atomic E-state index is 13.8. The van der Waals surface area contributed by atoms with Crippen molar-refractivity contribution in [1.82, 2.24) is 5.06 Å². The van der Waals surface area contributed by atoms with Gasteiger partial charge in [-0.25, -0.2) is 9.96 Å². The first kappa shape index (κ1) is 36.0. The van der Waals surface area contributed by atoms with E-state index in [9.17, 15) is 14.4 Å². The van der Waals surface area contributed by atoms with Crippen molar-refractivity contribution in [3.05, 3.63) is 190 Å². The molecule has 1 unspecified atom stereocenters. The zero-order chi connectivity index (χ0) is 39.0. The molecule has 0 spiro atoms. The lowest BCUT2D eigenvalue weighted by atomic mass is 9.78. The zero-order valence-corrected chi connectivity index (χ0v) is 31.4. The number of amides is 3. The van der Waals surface area contributed by atoms with Crippen LogP contribution in [0.25, 0.3) is 0 Å². The van der Waals surface area contributed by atoms with Crippen LogP contribution in [0.4, 0.5) is 5.69 Å². The molecular weight excluding hydrogens is 701 g/mol. The van der Waals surface area contributed by atoms with E-state index in [4.69, 9.17) is 14.3 Å². The third-order valence-corrected chi connectivity index (χ3v) is 10.5. The molecule has 0 radical (unpaired) electrons. The monoisotopic (exact) mass is 738 g/mol. The fourth-order valence-corrected chi connectivity index (χ4v) is 7.09. The second-order valence-corrected chi connectivity index (χ2v) is 14.3. The van der Waals surface area contributed by atoms with Crippen LogP contribution in [0.1, 0.15) is 91.3 Å². The standard InChI is InChI=1S/C48H38N2O6/c1-31(34-11-8-12-38(28-34)49-45(51)43-25-15-33(27-44(43)46(49)52)14-13-32-9-6-5-7-10-32)50-47(53)42-26-24-41(29-35(42)30-55-50)56-40-22-18-37(19-23-40)48(2,3)36-16-20-39(54-4)21-17-36/h5-12,15-29,31H,30H2,1-4H3. The molecule has 3 amide bonds. The van der Waals surface area contributed by atoms with Gasteiger partial charge in [0.15, 0.2) is 0 Å². The number of carbonyl (C=O) groups excluding carboxylic acids is 3. The number of imide groups is 1. The largest absolute Gasteiger partial charge is 0.497 e. The van der Waals surface area contributed by atoms with Crippen LogP contribution >= 0.6 is 0 Å². The number of carbonyl (C=O) groups is 3. The molecule has 0 saturated carbocycles. The van der Waals surface area contributed by atoms with Crippen LogP contribution in [0.15, 0.2) is 140 Å². The van der Waals surface area contributed by atoms with E-state index in [1.54, 1.807) is 55.6 Å². The fraction of sp³-hybridized carbons (Fsp3) is 0.146. The third kappa shape index (κ3) is 6.81. The molecule has 2 aliphatic rings. The Bertz CT molecular complexity index is 2550. The molecule has 276 valence electrons. The van der Waals surface area contributed by atoms with Crippen LogP contribution in [-0.4, -0.2) is 29.9 Å². The Balaban J connectivity index is 0.945. The van der Waals surface area contributed by atoms with Crippen molar-refractivity contribution < 1.29 is 28.7 Å². The van der Waals surface area contributed by atoms with Crippen LogP contribution < -0.4 is 14.4 Å². The average Bonchev–Trinajstić information content (AvgIpc) is 3.48. The molecular formula is C48H38N2O6. The molecule has 6 aromatic carbocycles. The van der Waals surface area contributed by atoms with E-state index in [1.807, 2.05) is 73.7 Å². The summed E-state index contributed by atoms with van der Waals surface area (Å²) in [5, 5.41) is 1.34. The average molecular weight is 739 g/mol. The lowest BCUT2D eigenvalue weighted by Gasteiger charge is -2.33. The number of ether oxygens (including phenoxy) is 2. The van der Waals surface area contributed by atoms with E-state index in [0.29, 0.717) is 50.6 Å². The summed E-state index contributed by atoms with van der Waals surface area (Å²) in [6, 6.07) is 42.6. The Labute approximate surface area is 325 Å². The lowest BCUT2D eigenvalue weighted by Crippen LogP contribution is -2.37. The molecule has 0 saturated heterocycles. The summed E-state index contributed by atoms with van der Waals surface area (Å²) < 4.78 is 11.5. The quantitative estimate of drug-likeness (QED) is 0.114. The van der Waals surface area contributed by atoms with Gasteiger partial charge in [-0.05, 0) is 114 Å². The van der Waals surface area contributed by atoms with Gasteiger partial charge in [-0.15, -0.1) is 0 Å². The number of methoxy groups -OCH3 is 1.